The monoisotopic (exact) mass is 495 g/mol. The second kappa shape index (κ2) is 8.81. The predicted octanol–water partition coefficient (Wildman–Crippen LogP) is 5.67. The molecule has 4 aliphatic rings. The summed E-state index contributed by atoms with van der Waals surface area (Å²) >= 11 is 0. The molecule has 1 unspecified atom stereocenters. The van der Waals surface area contributed by atoms with E-state index < -0.39 is 0 Å². The Morgan fingerprint density at radius 3 is 2.67 bits per heavy atom. The van der Waals surface area contributed by atoms with Crippen molar-refractivity contribution in [1.82, 2.24) is 4.98 Å². The van der Waals surface area contributed by atoms with Gasteiger partial charge in [-0.25, -0.2) is 4.98 Å². The van der Waals surface area contributed by atoms with Crippen molar-refractivity contribution in [1.29, 1.82) is 0 Å². The maximum Gasteiger partial charge on any atom is 0.195 e. The van der Waals surface area contributed by atoms with Crippen LogP contribution in [0.15, 0.2) is 22.6 Å². The van der Waals surface area contributed by atoms with Gasteiger partial charge in [-0.1, -0.05) is 26.8 Å². The Balaban J connectivity index is 1.20. The summed E-state index contributed by atoms with van der Waals surface area (Å²) in [7, 11) is 0. The molecule has 4 saturated carbocycles. The SMILES string of the molecule is Cc1ccc2nc(CCC(C)[C@H]3CC[C@H]4[C@@H]5[C@H](O)C[C@@H]6C[C@H](O)CC[C@]6(C)[C@H]5C[C@H](O)[C@]34C)oc2c1. The maximum atomic E-state index is 11.8. The zero-order valence-electron chi connectivity index (χ0n) is 22.5. The van der Waals surface area contributed by atoms with Crippen LogP contribution in [0.4, 0.5) is 0 Å². The minimum atomic E-state index is -0.333. The Hall–Kier alpha value is -1.43. The quantitative estimate of drug-likeness (QED) is 0.509. The molecule has 0 bridgehead atoms. The number of oxazole rings is 1. The first-order valence-electron chi connectivity index (χ1n) is 14.5. The van der Waals surface area contributed by atoms with Gasteiger partial charge in [-0.3, -0.25) is 0 Å². The van der Waals surface area contributed by atoms with Gasteiger partial charge in [0.1, 0.15) is 5.52 Å². The molecule has 198 valence electrons. The van der Waals surface area contributed by atoms with Crippen LogP contribution in [0.25, 0.3) is 11.1 Å². The van der Waals surface area contributed by atoms with Crippen molar-refractivity contribution >= 4 is 11.1 Å². The third-order valence-electron chi connectivity index (χ3n) is 11.9. The van der Waals surface area contributed by atoms with Gasteiger partial charge in [0.15, 0.2) is 11.5 Å². The van der Waals surface area contributed by atoms with Crippen molar-refractivity contribution in [3.05, 3.63) is 29.7 Å². The molecule has 4 aliphatic carbocycles. The van der Waals surface area contributed by atoms with Crippen LogP contribution in [0.2, 0.25) is 0 Å². The van der Waals surface area contributed by atoms with Crippen LogP contribution >= 0.6 is 0 Å². The average molecular weight is 496 g/mol. The summed E-state index contributed by atoms with van der Waals surface area (Å²) in [4.78, 5) is 4.71. The fourth-order valence-electron chi connectivity index (χ4n) is 9.87. The number of benzene rings is 1. The number of aliphatic hydroxyl groups excluding tert-OH is 3. The van der Waals surface area contributed by atoms with Crippen LogP contribution in [-0.4, -0.2) is 38.6 Å². The predicted molar refractivity (Wildman–Crippen MR) is 140 cm³/mol. The number of nitrogens with zero attached hydrogens (tertiary/aromatic N) is 1. The third-order valence-corrected chi connectivity index (χ3v) is 11.9. The van der Waals surface area contributed by atoms with Crippen LogP contribution in [0.5, 0.6) is 0 Å². The molecule has 0 radical (unpaired) electrons. The van der Waals surface area contributed by atoms with E-state index in [-0.39, 0.29) is 35.1 Å². The van der Waals surface area contributed by atoms with Crippen molar-refractivity contribution < 1.29 is 19.7 Å². The second-order valence-electron chi connectivity index (χ2n) is 13.6. The van der Waals surface area contributed by atoms with Gasteiger partial charge in [-0.15, -0.1) is 0 Å². The molecule has 1 aromatic carbocycles. The Morgan fingerprint density at radius 1 is 1.06 bits per heavy atom. The summed E-state index contributed by atoms with van der Waals surface area (Å²) in [6.07, 6.45) is 7.48. The minimum Gasteiger partial charge on any atom is -0.441 e. The standard InChI is InChI=1S/C31H45NO4/c1-17-5-9-24-26(13-17)36-28(32-24)10-6-18(2)21-7-8-22-29-23(16-27(35)31(21,22)4)30(3)12-11-20(33)14-19(30)15-25(29)34/h5,9,13,18-23,25,27,29,33-35H,6-8,10-12,14-16H2,1-4H3/t18?,19-,20+,21+,22-,23-,25+,27-,29-,30-,31+/m0/s1. The number of hydrogen-bond acceptors (Lipinski definition) is 5. The van der Waals surface area contributed by atoms with Gasteiger partial charge in [-0.2, -0.15) is 0 Å². The van der Waals surface area contributed by atoms with Gasteiger partial charge in [0.05, 0.1) is 18.3 Å². The number of aromatic nitrogens is 1. The molecule has 36 heavy (non-hydrogen) atoms. The van der Waals surface area contributed by atoms with Crippen LogP contribution in [0.3, 0.4) is 0 Å². The zero-order valence-corrected chi connectivity index (χ0v) is 22.5. The van der Waals surface area contributed by atoms with Gasteiger partial charge in [0.2, 0.25) is 0 Å². The largest absolute Gasteiger partial charge is 0.441 e. The molecule has 1 aromatic heterocycles. The molecule has 0 aliphatic heterocycles. The number of aryl methyl sites for hydroxylation is 2. The molecule has 0 spiro atoms. The lowest BCUT2D eigenvalue weighted by Gasteiger charge is -2.63. The smallest absolute Gasteiger partial charge is 0.195 e. The molecule has 0 saturated heterocycles. The molecule has 4 fully saturated rings. The summed E-state index contributed by atoms with van der Waals surface area (Å²) in [5.41, 5.74) is 2.95. The summed E-state index contributed by atoms with van der Waals surface area (Å²) in [5.74, 6) is 3.06. The van der Waals surface area contributed by atoms with Gasteiger partial charge >= 0.3 is 0 Å². The van der Waals surface area contributed by atoms with E-state index in [4.69, 9.17) is 9.40 Å². The van der Waals surface area contributed by atoms with Crippen LogP contribution < -0.4 is 0 Å². The van der Waals surface area contributed by atoms with Crippen LogP contribution in [-0.2, 0) is 6.42 Å². The van der Waals surface area contributed by atoms with Crippen molar-refractivity contribution in [2.45, 2.75) is 104 Å². The average Bonchev–Trinajstić information content (AvgIpc) is 3.40. The Kier molecular flexibility index (Phi) is 6.09. The van der Waals surface area contributed by atoms with Crippen LogP contribution in [0.1, 0.15) is 83.6 Å². The first kappa shape index (κ1) is 24.9. The van der Waals surface area contributed by atoms with Crippen molar-refractivity contribution in [3.63, 3.8) is 0 Å². The van der Waals surface area contributed by atoms with Crippen molar-refractivity contribution in [3.8, 4) is 0 Å². The molecule has 11 atom stereocenters. The van der Waals surface area contributed by atoms with E-state index in [9.17, 15) is 15.3 Å². The first-order chi connectivity index (χ1) is 17.1. The van der Waals surface area contributed by atoms with Gasteiger partial charge in [0.25, 0.3) is 0 Å². The zero-order chi connectivity index (χ0) is 25.4. The molecule has 2 aromatic rings. The molecule has 6 rings (SSSR count). The van der Waals surface area contributed by atoms with Gasteiger partial charge in [-0.05, 0) is 122 Å². The van der Waals surface area contributed by atoms with E-state index in [0.717, 1.165) is 74.8 Å². The van der Waals surface area contributed by atoms with Gasteiger partial charge in [0, 0.05) is 6.42 Å². The highest BCUT2D eigenvalue weighted by Gasteiger charge is 2.65. The molecule has 3 N–H and O–H groups in total. The summed E-state index contributed by atoms with van der Waals surface area (Å²) in [6, 6.07) is 6.17. The highest BCUT2D eigenvalue weighted by molar-refractivity contribution is 5.73. The lowest BCUT2D eigenvalue weighted by molar-refractivity contribution is -0.207. The third kappa shape index (κ3) is 3.71. The summed E-state index contributed by atoms with van der Waals surface area (Å²) in [6.45, 7) is 9.16. The highest BCUT2D eigenvalue weighted by atomic mass is 16.3. The first-order valence-corrected chi connectivity index (χ1v) is 14.5. The molecule has 1 heterocycles. The van der Waals surface area contributed by atoms with E-state index >= 15 is 0 Å². The van der Waals surface area contributed by atoms with Crippen molar-refractivity contribution in [2.75, 3.05) is 0 Å². The fourth-order valence-corrected chi connectivity index (χ4v) is 9.87. The minimum absolute atomic E-state index is 0.125. The molecule has 5 heteroatoms. The lowest BCUT2D eigenvalue weighted by Crippen LogP contribution is -2.62. The number of hydrogen-bond donors (Lipinski definition) is 3. The normalized spacial score (nSPS) is 45.2. The van der Waals surface area contributed by atoms with Gasteiger partial charge < -0.3 is 19.7 Å². The Labute approximate surface area is 215 Å². The number of aliphatic hydroxyl groups is 3. The maximum absolute atomic E-state index is 11.8. The van der Waals surface area contributed by atoms with E-state index in [0.29, 0.717) is 29.6 Å². The fraction of sp³-hybridized carbons (Fsp3) is 0.774. The second-order valence-corrected chi connectivity index (χ2v) is 13.6. The van der Waals surface area contributed by atoms with Crippen LogP contribution in [0, 0.1) is 53.3 Å². The van der Waals surface area contributed by atoms with E-state index in [1.54, 1.807) is 0 Å². The summed E-state index contributed by atoms with van der Waals surface area (Å²) in [5, 5.41) is 33.6. The van der Waals surface area contributed by atoms with E-state index in [1.807, 2.05) is 6.07 Å². The Morgan fingerprint density at radius 2 is 1.86 bits per heavy atom. The summed E-state index contributed by atoms with van der Waals surface area (Å²) < 4.78 is 6.06. The van der Waals surface area contributed by atoms with E-state index in [2.05, 4.69) is 39.8 Å². The number of rotatable bonds is 4. The molecule has 0 amide bonds. The highest BCUT2D eigenvalue weighted by Crippen LogP contribution is 2.68. The van der Waals surface area contributed by atoms with Crippen molar-refractivity contribution in [2.24, 2.45) is 46.3 Å². The van der Waals surface area contributed by atoms with E-state index in [1.165, 1.54) is 5.56 Å². The number of fused-ring (bicyclic) bond motifs is 6. The molecular weight excluding hydrogens is 450 g/mol. The molecule has 5 nitrogen and oxygen atoms in total. The topological polar surface area (TPSA) is 86.7 Å². The lowest BCUT2D eigenvalue weighted by atomic mass is 9.43. The molecular formula is C31H45NO4. The Bertz CT molecular complexity index is 1110.